The number of nitrogens with one attached hydrogen (secondary N) is 1. The predicted octanol–water partition coefficient (Wildman–Crippen LogP) is -0.245. The van der Waals surface area contributed by atoms with E-state index in [1.807, 2.05) is 0 Å². The number of hydrogen-bond acceptors (Lipinski definition) is 5. The third kappa shape index (κ3) is 2.90. The molecule has 3 N–H and O–H groups in total. The minimum absolute atomic E-state index is 0.0597. The maximum absolute atomic E-state index is 12.0. The molecule has 3 atom stereocenters. The number of carbonyl (C=O) groups is 2. The third-order valence-electron chi connectivity index (χ3n) is 3.24. The normalized spacial score (nSPS) is 29.4. The zero-order valence-electron chi connectivity index (χ0n) is 11.6. The van der Waals surface area contributed by atoms with Crippen molar-refractivity contribution >= 4 is 12.3 Å². The molecule has 0 radical (unpaired) electrons. The first-order chi connectivity index (χ1) is 9.42. The summed E-state index contributed by atoms with van der Waals surface area (Å²) in [5.74, 6) is 0. The van der Waals surface area contributed by atoms with Crippen LogP contribution in [0.1, 0.15) is 13.3 Å². The Balaban J connectivity index is 3.22. The van der Waals surface area contributed by atoms with Crippen molar-refractivity contribution in [2.24, 2.45) is 0 Å². The number of urea groups is 1. The lowest BCUT2D eigenvalue weighted by molar-refractivity contribution is -0.105. The van der Waals surface area contributed by atoms with Crippen LogP contribution in [0.5, 0.6) is 0 Å². The zero-order chi connectivity index (χ0) is 15.3. The first-order valence-electron chi connectivity index (χ1n) is 6.18. The van der Waals surface area contributed by atoms with Crippen molar-refractivity contribution in [1.82, 2.24) is 10.2 Å². The van der Waals surface area contributed by atoms with Gasteiger partial charge in [0.1, 0.15) is 12.4 Å². The van der Waals surface area contributed by atoms with Crippen LogP contribution in [-0.2, 0) is 9.53 Å². The van der Waals surface area contributed by atoms with Gasteiger partial charge in [0.25, 0.3) is 0 Å². The minimum Gasteiger partial charge on any atom is -0.394 e. The Morgan fingerprint density at radius 3 is 2.70 bits per heavy atom. The Morgan fingerprint density at radius 2 is 2.30 bits per heavy atom. The summed E-state index contributed by atoms with van der Waals surface area (Å²) in [4.78, 5) is 23.7. The topological polar surface area (TPSA) is 99.1 Å². The number of carbonyl (C=O) groups excluding carboxylic acids is 2. The van der Waals surface area contributed by atoms with E-state index in [0.29, 0.717) is 11.9 Å². The lowest BCUT2D eigenvalue weighted by atomic mass is 9.98. The van der Waals surface area contributed by atoms with Crippen LogP contribution in [0, 0.1) is 0 Å². The average molecular weight is 284 g/mol. The summed E-state index contributed by atoms with van der Waals surface area (Å²) >= 11 is 0. The maximum atomic E-state index is 12.0. The van der Waals surface area contributed by atoms with Crippen LogP contribution in [0.2, 0.25) is 0 Å². The number of ether oxygens (including phenoxy) is 1. The quantitative estimate of drug-likeness (QED) is 0.367. The molecule has 0 aromatic heterocycles. The van der Waals surface area contributed by atoms with E-state index in [9.17, 15) is 19.8 Å². The van der Waals surface area contributed by atoms with Gasteiger partial charge in [0.15, 0.2) is 5.72 Å². The fraction of sp³-hybridized carbons (Fsp3) is 0.538. The van der Waals surface area contributed by atoms with E-state index >= 15 is 0 Å². The molecule has 1 aliphatic rings. The molecule has 1 rings (SSSR count). The number of hydrogen-bond donors (Lipinski definition) is 3. The molecule has 112 valence electrons. The Morgan fingerprint density at radius 1 is 1.65 bits per heavy atom. The van der Waals surface area contributed by atoms with Gasteiger partial charge in [0.2, 0.25) is 0 Å². The van der Waals surface area contributed by atoms with Gasteiger partial charge in [-0.3, -0.25) is 9.69 Å². The number of rotatable bonds is 5. The van der Waals surface area contributed by atoms with Crippen molar-refractivity contribution in [2.75, 3.05) is 13.7 Å². The Labute approximate surface area is 117 Å². The summed E-state index contributed by atoms with van der Waals surface area (Å²) in [6, 6.07) is -0.517. The molecule has 1 fully saturated rings. The molecule has 20 heavy (non-hydrogen) atoms. The van der Waals surface area contributed by atoms with Crippen LogP contribution in [0.3, 0.4) is 0 Å². The fourth-order valence-corrected chi connectivity index (χ4v) is 2.18. The second-order valence-corrected chi connectivity index (χ2v) is 4.58. The largest absolute Gasteiger partial charge is 0.394 e. The number of aldehydes is 1. The van der Waals surface area contributed by atoms with Crippen LogP contribution >= 0.6 is 0 Å². The highest BCUT2D eigenvalue weighted by atomic mass is 16.6. The van der Waals surface area contributed by atoms with Crippen LogP contribution in [0.15, 0.2) is 24.4 Å². The van der Waals surface area contributed by atoms with Crippen LogP contribution in [0.25, 0.3) is 0 Å². The molecular formula is C13H20N2O5. The fourth-order valence-electron chi connectivity index (χ4n) is 2.18. The third-order valence-corrected chi connectivity index (χ3v) is 3.24. The van der Waals surface area contributed by atoms with Crippen LogP contribution < -0.4 is 5.32 Å². The van der Waals surface area contributed by atoms with Gasteiger partial charge in [0.05, 0.1) is 12.7 Å². The van der Waals surface area contributed by atoms with Gasteiger partial charge < -0.3 is 20.3 Å². The molecule has 0 spiro atoms. The summed E-state index contributed by atoms with van der Waals surface area (Å²) in [5, 5.41) is 21.6. The van der Waals surface area contributed by atoms with E-state index < -0.39 is 24.0 Å². The number of nitrogens with zero attached hydrogens (tertiary/aromatic N) is 1. The van der Waals surface area contributed by atoms with E-state index in [2.05, 4.69) is 11.9 Å². The predicted molar refractivity (Wildman–Crippen MR) is 71.6 cm³/mol. The molecule has 2 amide bonds. The highest BCUT2D eigenvalue weighted by Crippen LogP contribution is 2.39. The van der Waals surface area contributed by atoms with Gasteiger partial charge in [-0.2, -0.15) is 0 Å². The van der Waals surface area contributed by atoms with Crippen molar-refractivity contribution in [1.29, 1.82) is 0 Å². The smallest absolute Gasteiger partial charge is 0.323 e. The Kier molecular flexibility index (Phi) is 5.43. The number of aliphatic hydroxyl groups is 2. The van der Waals surface area contributed by atoms with Gasteiger partial charge in [-0.25, -0.2) is 4.79 Å². The molecule has 7 nitrogen and oxygen atoms in total. The summed E-state index contributed by atoms with van der Waals surface area (Å²) in [6.07, 6.45) is 1.23. The number of allylic oxidation sites excluding steroid dienone is 1. The van der Waals surface area contributed by atoms with E-state index in [-0.39, 0.29) is 13.0 Å². The molecule has 0 bridgehead atoms. The average Bonchev–Trinajstić information content (AvgIpc) is 2.77. The first kappa shape index (κ1) is 16.4. The SMILES string of the molecule is C=C(C)[C@]1(N(/C=C\C=O)C(=O)NC)C[C@H](O)[C@@H](CO)O1. The molecular weight excluding hydrogens is 264 g/mol. The molecule has 0 aromatic rings. The minimum atomic E-state index is -1.30. The Bertz CT molecular complexity index is 423. The van der Waals surface area contributed by atoms with Crippen molar-refractivity contribution < 1.29 is 24.5 Å². The molecule has 0 aliphatic carbocycles. The second-order valence-electron chi connectivity index (χ2n) is 4.58. The van der Waals surface area contributed by atoms with Crippen LogP contribution in [-0.4, -0.2) is 59.0 Å². The summed E-state index contributed by atoms with van der Waals surface area (Å²) in [6.45, 7) is 5.07. The van der Waals surface area contributed by atoms with Gasteiger partial charge >= 0.3 is 6.03 Å². The van der Waals surface area contributed by atoms with Crippen LogP contribution in [0.4, 0.5) is 4.79 Å². The number of amides is 2. The molecule has 1 saturated heterocycles. The second kappa shape index (κ2) is 6.65. The molecule has 0 saturated carbocycles. The highest BCUT2D eigenvalue weighted by molar-refractivity contribution is 5.77. The van der Waals surface area contributed by atoms with E-state index in [4.69, 9.17) is 4.74 Å². The van der Waals surface area contributed by atoms with Crippen molar-refractivity contribution in [3.63, 3.8) is 0 Å². The van der Waals surface area contributed by atoms with Crippen molar-refractivity contribution in [3.05, 3.63) is 24.4 Å². The number of aliphatic hydroxyl groups excluding tert-OH is 2. The van der Waals surface area contributed by atoms with Crippen molar-refractivity contribution in [3.8, 4) is 0 Å². The molecule has 0 unspecified atom stereocenters. The van der Waals surface area contributed by atoms with E-state index in [1.165, 1.54) is 13.2 Å². The first-order valence-corrected chi connectivity index (χ1v) is 6.18. The van der Waals surface area contributed by atoms with Gasteiger partial charge in [-0.05, 0) is 18.6 Å². The summed E-state index contributed by atoms with van der Waals surface area (Å²) in [7, 11) is 1.44. The van der Waals surface area contributed by atoms with E-state index in [1.54, 1.807) is 6.92 Å². The summed E-state index contributed by atoms with van der Waals surface area (Å²) in [5.41, 5.74) is -0.821. The van der Waals surface area contributed by atoms with Crippen molar-refractivity contribution in [2.45, 2.75) is 31.3 Å². The zero-order valence-corrected chi connectivity index (χ0v) is 11.6. The lowest BCUT2D eigenvalue weighted by Crippen LogP contribution is -2.52. The molecule has 0 aromatic carbocycles. The van der Waals surface area contributed by atoms with Gasteiger partial charge in [0, 0.05) is 19.7 Å². The lowest BCUT2D eigenvalue weighted by Gasteiger charge is -2.38. The highest BCUT2D eigenvalue weighted by Gasteiger charge is 2.51. The van der Waals surface area contributed by atoms with Gasteiger partial charge in [-0.1, -0.05) is 6.58 Å². The van der Waals surface area contributed by atoms with E-state index in [0.717, 1.165) is 11.0 Å². The molecule has 1 heterocycles. The summed E-state index contributed by atoms with van der Waals surface area (Å²) < 4.78 is 5.65. The molecule has 1 aliphatic heterocycles. The standard InChI is InChI=1S/C13H20N2O5/c1-9(2)13(7-10(18)11(8-17)20-13)15(5-4-6-16)12(19)14-3/h4-6,10-11,17-18H,1,7-8H2,2-3H3,(H,14,19)/b5-4-/t10-,11+,13-/m0/s1. The Hall–Kier alpha value is -1.70. The molecule has 7 heteroatoms. The monoisotopic (exact) mass is 284 g/mol. The maximum Gasteiger partial charge on any atom is 0.323 e. The van der Waals surface area contributed by atoms with Gasteiger partial charge in [-0.15, -0.1) is 0 Å².